The molecule has 1 aliphatic carbocycles. The van der Waals surface area contributed by atoms with Gasteiger partial charge in [-0.05, 0) is 18.9 Å². The zero-order chi connectivity index (χ0) is 9.71. The Labute approximate surface area is 82.1 Å². The minimum atomic E-state index is 0.502. The number of rotatable bonds is 0. The summed E-state index contributed by atoms with van der Waals surface area (Å²) < 4.78 is 5.65. The van der Waals surface area contributed by atoms with Crippen LogP contribution in [0.3, 0.4) is 0 Å². The Bertz CT molecular complexity index is 481. The second kappa shape index (κ2) is 2.50. The second-order valence-electron chi connectivity index (χ2n) is 4.00. The van der Waals surface area contributed by atoms with E-state index in [-0.39, 0.29) is 0 Å². The Morgan fingerprint density at radius 1 is 1.57 bits per heavy atom. The minimum Gasteiger partial charge on any atom is -0.466 e. The summed E-state index contributed by atoms with van der Waals surface area (Å²) in [5.74, 6) is 2.57. The molecule has 0 bridgehead atoms. The number of aryl methyl sites for hydroxylation is 1. The maximum absolute atomic E-state index is 5.65. The number of nitrogens with one attached hydrogen (secondary N) is 1. The van der Waals surface area contributed by atoms with Crippen LogP contribution in [0.2, 0.25) is 0 Å². The molecule has 3 nitrogen and oxygen atoms in total. The zero-order valence-corrected chi connectivity index (χ0v) is 8.29. The maximum atomic E-state index is 5.65. The average Bonchev–Trinajstić information content (AvgIpc) is 2.69. The summed E-state index contributed by atoms with van der Waals surface area (Å²) >= 11 is 0. The molecular weight excluding hydrogens is 176 g/mol. The molecule has 0 aromatic carbocycles. The van der Waals surface area contributed by atoms with E-state index in [4.69, 9.17) is 4.42 Å². The third kappa shape index (κ3) is 0.895. The molecule has 0 saturated heterocycles. The minimum absolute atomic E-state index is 0.502. The quantitative estimate of drug-likeness (QED) is 0.690. The molecule has 2 heterocycles. The first-order valence-corrected chi connectivity index (χ1v) is 4.88. The molecule has 0 aliphatic heterocycles. The first-order chi connectivity index (χ1) is 6.75. The Morgan fingerprint density at radius 3 is 3.29 bits per heavy atom. The van der Waals surface area contributed by atoms with E-state index in [1.165, 1.54) is 11.1 Å². The van der Waals surface area contributed by atoms with E-state index in [1.807, 2.05) is 13.1 Å². The van der Waals surface area contributed by atoms with Crippen LogP contribution in [0.4, 0.5) is 0 Å². The fraction of sp³-hybridized carbons (Fsp3) is 0.364. The summed E-state index contributed by atoms with van der Waals surface area (Å²) in [7, 11) is 0. The Hall–Kier alpha value is -1.51. The number of H-pyrrole nitrogens is 1. The molecule has 0 spiro atoms. The standard InChI is InChI=1S/C11H12N2O/c1-6-3-10-8(4-7(2)14-10)11-9(6)5-12-13-11/h4-6H,3H2,1-2H3,(H,12,13). The molecule has 3 rings (SSSR count). The molecular formula is C11H12N2O. The largest absolute Gasteiger partial charge is 0.466 e. The van der Waals surface area contributed by atoms with Gasteiger partial charge in [-0.15, -0.1) is 0 Å². The van der Waals surface area contributed by atoms with Crippen LogP contribution >= 0.6 is 0 Å². The van der Waals surface area contributed by atoms with Crippen molar-refractivity contribution in [2.75, 3.05) is 0 Å². The Kier molecular flexibility index (Phi) is 1.40. The number of aromatic amines is 1. The van der Waals surface area contributed by atoms with E-state index < -0.39 is 0 Å². The van der Waals surface area contributed by atoms with E-state index in [0.717, 1.165) is 23.6 Å². The predicted molar refractivity (Wildman–Crippen MR) is 53.1 cm³/mol. The summed E-state index contributed by atoms with van der Waals surface area (Å²) in [5.41, 5.74) is 3.63. The van der Waals surface area contributed by atoms with Crippen molar-refractivity contribution in [1.82, 2.24) is 10.2 Å². The van der Waals surface area contributed by atoms with Crippen molar-refractivity contribution in [3.05, 3.63) is 29.3 Å². The van der Waals surface area contributed by atoms with Crippen LogP contribution in [0, 0.1) is 6.92 Å². The molecule has 0 radical (unpaired) electrons. The second-order valence-corrected chi connectivity index (χ2v) is 4.00. The lowest BCUT2D eigenvalue weighted by atomic mass is 9.88. The molecule has 0 fully saturated rings. The fourth-order valence-corrected chi connectivity index (χ4v) is 2.20. The number of hydrogen-bond donors (Lipinski definition) is 1. The molecule has 2 aromatic rings. The molecule has 0 amide bonds. The van der Waals surface area contributed by atoms with Crippen LogP contribution in [-0.4, -0.2) is 10.2 Å². The van der Waals surface area contributed by atoms with Gasteiger partial charge in [-0.25, -0.2) is 0 Å². The molecule has 72 valence electrons. The van der Waals surface area contributed by atoms with Crippen molar-refractivity contribution < 1.29 is 4.42 Å². The summed E-state index contributed by atoms with van der Waals surface area (Å²) in [4.78, 5) is 0. The fourth-order valence-electron chi connectivity index (χ4n) is 2.20. The van der Waals surface area contributed by atoms with Crippen molar-refractivity contribution >= 4 is 0 Å². The molecule has 3 heteroatoms. The van der Waals surface area contributed by atoms with Gasteiger partial charge < -0.3 is 4.42 Å². The summed E-state index contributed by atoms with van der Waals surface area (Å²) in [5, 5.41) is 7.14. The third-order valence-corrected chi connectivity index (χ3v) is 2.89. The van der Waals surface area contributed by atoms with Crippen LogP contribution in [-0.2, 0) is 6.42 Å². The summed E-state index contributed by atoms with van der Waals surface area (Å²) in [6, 6.07) is 2.08. The van der Waals surface area contributed by atoms with Crippen LogP contribution in [0.15, 0.2) is 16.7 Å². The van der Waals surface area contributed by atoms with Gasteiger partial charge >= 0.3 is 0 Å². The number of furan rings is 1. The van der Waals surface area contributed by atoms with Gasteiger partial charge in [0.1, 0.15) is 11.5 Å². The predicted octanol–water partition coefficient (Wildman–Crippen LogP) is 2.64. The lowest BCUT2D eigenvalue weighted by Gasteiger charge is -2.16. The first kappa shape index (κ1) is 7.85. The van der Waals surface area contributed by atoms with Crippen LogP contribution in [0.5, 0.6) is 0 Å². The van der Waals surface area contributed by atoms with Crippen molar-refractivity contribution in [2.24, 2.45) is 0 Å². The highest BCUT2D eigenvalue weighted by atomic mass is 16.3. The number of hydrogen-bond acceptors (Lipinski definition) is 2. The van der Waals surface area contributed by atoms with Crippen molar-refractivity contribution in [3.63, 3.8) is 0 Å². The Balaban J connectivity index is 2.28. The van der Waals surface area contributed by atoms with Gasteiger partial charge in [-0.3, -0.25) is 5.10 Å². The SMILES string of the molecule is Cc1cc2c(o1)CC(C)c1cn[nH]c1-2. The van der Waals surface area contributed by atoms with E-state index in [2.05, 4.69) is 23.2 Å². The van der Waals surface area contributed by atoms with Crippen molar-refractivity contribution in [1.29, 1.82) is 0 Å². The van der Waals surface area contributed by atoms with Crippen molar-refractivity contribution in [3.8, 4) is 11.3 Å². The monoisotopic (exact) mass is 188 g/mol. The summed E-state index contributed by atoms with van der Waals surface area (Å²) in [6.07, 6.45) is 2.90. The third-order valence-electron chi connectivity index (χ3n) is 2.89. The number of fused-ring (bicyclic) bond motifs is 3. The highest BCUT2D eigenvalue weighted by molar-refractivity contribution is 5.68. The average molecular weight is 188 g/mol. The maximum Gasteiger partial charge on any atom is 0.114 e. The van der Waals surface area contributed by atoms with E-state index in [0.29, 0.717) is 5.92 Å². The molecule has 0 saturated carbocycles. The van der Waals surface area contributed by atoms with E-state index in [1.54, 1.807) is 0 Å². The molecule has 1 unspecified atom stereocenters. The number of nitrogens with zero attached hydrogens (tertiary/aromatic N) is 1. The van der Waals surface area contributed by atoms with Gasteiger partial charge in [0.2, 0.25) is 0 Å². The van der Waals surface area contributed by atoms with Crippen LogP contribution in [0.25, 0.3) is 11.3 Å². The highest BCUT2D eigenvalue weighted by Gasteiger charge is 2.26. The molecule has 1 atom stereocenters. The normalized spacial score (nSPS) is 19.1. The van der Waals surface area contributed by atoms with E-state index in [9.17, 15) is 0 Å². The summed E-state index contributed by atoms with van der Waals surface area (Å²) in [6.45, 7) is 4.19. The van der Waals surface area contributed by atoms with Gasteiger partial charge in [0, 0.05) is 17.5 Å². The van der Waals surface area contributed by atoms with Crippen molar-refractivity contribution in [2.45, 2.75) is 26.2 Å². The molecule has 2 aromatic heterocycles. The zero-order valence-electron chi connectivity index (χ0n) is 8.29. The van der Waals surface area contributed by atoms with Gasteiger partial charge in [-0.1, -0.05) is 6.92 Å². The topological polar surface area (TPSA) is 41.8 Å². The highest BCUT2D eigenvalue weighted by Crippen LogP contribution is 2.39. The van der Waals surface area contributed by atoms with Gasteiger partial charge in [0.25, 0.3) is 0 Å². The van der Waals surface area contributed by atoms with E-state index >= 15 is 0 Å². The van der Waals surface area contributed by atoms with Crippen LogP contribution in [0.1, 0.15) is 29.9 Å². The van der Waals surface area contributed by atoms with Gasteiger partial charge in [0.15, 0.2) is 0 Å². The lowest BCUT2D eigenvalue weighted by Crippen LogP contribution is -2.04. The first-order valence-electron chi connectivity index (χ1n) is 4.88. The smallest absolute Gasteiger partial charge is 0.114 e. The van der Waals surface area contributed by atoms with Gasteiger partial charge in [-0.2, -0.15) is 5.10 Å². The van der Waals surface area contributed by atoms with Crippen LogP contribution < -0.4 is 0 Å². The van der Waals surface area contributed by atoms with Gasteiger partial charge in [0.05, 0.1) is 11.9 Å². The molecule has 1 aliphatic rings. The molecule has 1 N–H and O–H groups in total. The number of aromatic nitrogens is 2. The lowest BCUT2D eigenvalue weighted by molar-refractivity contribution is 0.468. The Morgan fingerprint density at radius 2 is 2.43 bits per heavy atom. The molecule has 14 heavy (non-hydrogen) atoms.